The Morgan fingerprint density at radius 3 is 2.45 bits per heavy atom. The maximum absolute atomic E-state index is 13.5. The third-order valence-corrected chi connectivity index (χ3v) is 7.44. The Kier molecular flexibility index (Phi) is 6.09. The molecule has 0 saturated heterocycles. The van der Waals surface area contributed by atoms with E-state index in [2.05, 4.69) is 4.98 Å². The van der Waals surface area contributed by atoms with Crippen LogP contribution in [0.1, 0.15) is 15.9 Å². The number of hydrogen-bond donors (Lipinski definition) is 0. The molecule has 3 aromatic carbocycles. The summed E-state index contributed by atoms with van der Waals surface area (Å²) >= 11 is 7.49. The fourth-order valence-electron chi connectivity index (χ4n) is 3.22. The van der Waals surface area contributed by atoms with Crippen molar-refractivity contribution in [2.75, 3.05) is 17.7 Å². The number of sulfone groups is 1. The maximum atomic E-state index is 13.5. The Hall–Kier alpha value is -2.74. The van der Waals surface area contributed by atoms with Crippen LogP contribution >= 0.6 is 22.9 Å². The quantitative estimate of drug-likeness (QED) is 0.386. The molecule has 0 aliphatic rings. The normalized spacial score (nSPS) is 11.5. The summed E-state index contributed by atoms with van der Waals surface area (Å²) in [6.07, 6.45) is 1.71. The number of carbonyl (C=O) groups excluding carboxylic acids is 1. The molecular formula is C23H19ClN2O3S2. The summed E-state index contributed by atoms with van der Waals surface area (Å²) < 4.78 is 25.1. The van der Waals surface area contributed by atoms with Gasteiger partial charge >= 0.3 is 0 Å². The highest BCUT2D eigenvalue weighted by molar-refractivity contribution is 7.90. The lowest BCUT2D eigenvalue weighted by Crippen LogP contribution is -2.33. The van der Waals surface area contributed by atoms with E-state index in [1.54, 1.807) is 11.0 Å². The smallest absolute Gasteiger partial charge is 0.260 e. The third-order valence-electron chi connectivity index (χ3n) is 4.80. The summed E-state index contributed by atoms with van der Waals surface area (Å²) in [6, 6.07) is 21.9. The summed E-state index contributed by atoms with van der Waals surface area (Å²) in [7, 11) is -3.57. The SMILES string of the molecule is CS(=O)(=O)c1cc(C(=O)N(CCc2ccccc2)c2nc3ccccc3s2)ccc1Cl. The molecule has 31 heavy (non-hydrogen) atoms. The molecule has 8 heteroatoms. The summed E-state index contributed by atoms with van der Waals surface area (Å²) in [5.74, 6) is -0.323. The molecule has 0 fully saturated rings. The molecule has 0 saturated carbocycles. The van der Waals surface area contributed by atoms with E-state index in [1.165, 1.54) is 23.5 Å². The van der Waals surface area contributed by atoms with Gasteiger partial charge in [0.1, 0.15) is 0 Å². The Labute approximate surface area is 189 Å². The van der Waals surface area contributed by atoms with Crippen molar-refractivity contribution in [1.82, 2.24) is 4.98 Å². The van der Waals surface area contributed by atoms with E-state index in [-0.39, 0.29) is 21.4 Å². The number of nitrogens with zero attached hydrogens (tertiary/aromatic N) is 2. The van der Waals surface area contributed by atoms with E-state index in [4.69, 9.17) is 11.6 Å². The number of aromatic nitrogens is 1. The van der Waals surface area contributed by atoms with Crippen LogP contribution in [0.25, 0.3) is 10.2 Å². The molecule has 0 bridgehead atoms. The fraction of sp³-hybridized carbons (Fsp3) is 0.130. The first-order valence-electron chi connectivity index (χ1n) is 9.54. The number of anilines is 1. The summed E-state index contributed by atoms with van der Waals surface area (Å²) in [5, 5.41) is 0.660. The molecule has 1 amide bonds. The lowest BCUT2D eigenvalue weighted by Gasteiger charge is -2.20. The Balaban J connectivity index is 1.73. The number of para-hydroxylation sites is 1. The second-order valence-electron chi connectivity index (χ2n) is 7.07. The molecule has 0 N–H and O–H groups in total. The predicted molar refractivity (Wildman–Crippen MR) is 126 cm³/mol. The minimum absolute atomic E-state index is 0.0627. The molecule has 0 atom stereocenters. The molecule has 1 aromatic heterocycles. The third kappa shape index (κ3) is 4.79. The lowest BCUT2D eigenvalue weighted by molar-refractivity contribution is 0.0987. The van der Waals surface area contributed by atoms with Gasteiger partial charge in [0, 0.05) is 18.4 Å². The van der Waals surface area contributed by atoms with Crippen molar-refractivity contribution < 1.29 is 13.2 Å². The second kappa shape index (κ2) is 8.78. The number of carbonyl (C=O) groups is 1. The van der Waals surface area contributed by atoms with Gasteiger partial charge in [0.15, 0.2) is 15.0 Å². The number of thiazole rings is 1. The highest BCUT2D eigenvalue weighted by atomic mass is 35.5. The molecule has 0 radical (unpaired) electrons. The maximum Gasteiger partial charge on any atom is 0.260 e. The molecule has 5 nitrogen and oxygen atoms in total. The molecule has 158 valence electrons. The topological polar surface area (TPSA) is 67.3 Å². The molecule has 4 rings (SSSR count). The Bertz CT molecular complexity index is 1320. The first kappa shape index (κ1) is 21.5. The van der Waals surface area contributed by atoms with Gasteiger partial charge < -0.3 is 0 Å². The van der Waals surface area contributed by atoms with E-state index in [9.17, 15) is 13.2 Å². The number of amides is 1. The zero-order valence-corrected chi connectivity index (χ0v) is 19.0. The van der Waals surface area contributed by atoms with Gasteiger partial charge in [-0.05, 0) is 42.3 Å². The molecule has 1 heterocycles. The molecule has 0 unspecified atom stereocenters. The minimum Gasteiger partial charge on any atom is -0.284 e. The van der Waals surface area contributed by atoms with Crippen molar-refractivity contribution in [3.05, 3.63) is 88.9 Å². The highest BCUT2D eigenvalue weighted by Crippen LogP contribution is 2.31. The number of fused-ring (bicyclic) bond motifs is 1. The Morgan fingerprint density at radius 2 is 1.74 bits per heavy atom. The number of rotatable bonds is 6. The van der Waals surface area contributed by atoms with Crippen LogP contribution < -0.4 is 4.90 Å². The second-order valence-corrected chi connectivity index (χ2v) is 10.5. The van der Waals surface area contributed by atoms with Crippen LogP contribution in [0.2, 0.25) is 5.02 Å². The van der Waals surface area contributed by atoms with Crippen molar-refractivity contribution in [1.29, 1.82) is 0 Å². The van der Waals surface area contributed by atoms with Crippen LogP contribution in [0.15, 0.2) is 77.7 Å². The molecule has 0 aliphatic heterocycles. The van der Waals surface area contributed by atoms with Crippen molar-refractivity contribution in [3.8, 4) is 0 Å². The number of hydrogen-bond acceptors (Lipinski definition) is 5. The molecule has 0 spiro atoms. The van der Waals surface area contributed by atoms with Crippen molar-refractivity contribution in [2.45, 2.75) is 11.3 Å². The molecule has 0 aliphatic carbocycles. The van der Waals surface area contributed by atoms with Crippen molar-refractivity contribution >= 4 is 54.0 Å². The van der Waals surface area contributed by atoms with Crippen LogP contribution in [-0.2, 0) is 16.3 Å². The van der Waals surface area contributed by atoms with Crippen molar-refractivity contribution in [3.63, 3.8) is 0 Å². The molecule has 4 aromatic rings. The van der Waals surface area contributed by atoms with E-state index in [0.29, 0.717) is 18.1 Å². The van der Waals surface area contributed by atoms with E-state index in [0.717, 1.165) is 22.0 Å². The summed E-state index contributed by atoms with van der Waals surface area (Å²) in [4.78, 5) is 19.7. The highest BCUT2D eigenvalue weighted by Gasteiger charge is 2.23. The van der Waals surface area contributed by atoms with Gasteiger partial charge in [0.25, 0.3) is 5.91 Å². The monoisotopic (exact) mass is 470 g/mol. The largest absolute Gasteiger partial charge is 0.284 e. The van der Waals surface area contributed by atoms with Gasteiger partial charge in [-0.2, -0.15) is 0 Å². The Morgan fingerprint density at radius 1 is 1.03 bits per heavy atom. The van der Waals surface area contributed by atoms with Crippen LogP contribution in [0, 0.1) is 0 Å². The van der Waals surface area contributed by atoms with Crippen LogP contribution in [-0.4, -0.2) is 32.1 Å². The number of benzene rings is 3. The van der Waals surface area contributed by atoms with E-state index in [1.807, 2.05) is 54.6 Å². The lowest BCUT2D eigenvalue weighted by atomic mass is 10.1. The standard InChI is InChI=1S/C23H19ClN2O3S2/c1-31(28,29)21-15-17(11-12-18(21)24)22(27)26(14-13-16-7-3-2-4-8-16)23-25-19-9-5-6-10-20(19)30-23/h2-12,15H,13-14H2,1H3. The van der Waals surface area contributed by atoms with Gasteiger partial charge in [-0.25, -0.2) is 13.4 Å². The average molecular weight is 471 g/mol. The zero-order valence-electron chi connectivity index (χ0n) is 16.7. The van der Waals surface area contributed by atoms with Gasteiger partial charge in [-0.1, -0.05) is 65.4 Å². The molecular weight excluding hydrogens is 452 g/mol. The minimum atomic E-state index is -3.57. The summed E-state index contributed by atoms with van der Waals surface area (Å²) in [6.45, 7) is 0.402. The predicted octanol–water partition coefficient (Wildman–Crippen LogP) is 5.24. The van der Waals surface area contributed by atoms with Crippen LogP contribution in [0.3, 0.4) is 0 Å². The van der Waals surface area contributed by atoms with Gasteiger partial charge in [-0.3, -0.25) is 9.69 Å². The average Bonchev–Trinajstić information content (AvgIpc) is 3.18. The van der Waals surface area contributed by atoms with Gasteiger partial charge in [0.05, 0.1) is 20.1 Å². The van der Waals surface area contributed by atoms with Crippen molar-refractivity contribution in [2.24, 2.45) is 0 Å². The first-order valence-corrected chi connectivity index (χ1v) is 12.6. The van der Waals surface area contributed by atoms with Crippen LogP contribution in [0.4, 0.5) is 5.13 Å². The number of halogens is 1. The van der Waals surface area contributed by atoms with Gasteiger partial charge in [-0.15, -0.1) is 0 Å². The van der Waals surface area contributed by atoms with Crippen LogP contribution in [0.5, 0.6) is 0 Å². The first-order chi connectivity index (χ1) is 14.8. The zero-order chi connectivity index (χ0) is 22.0. The van der Waals surface area contributed by atoms with E-state index >= 15 is 0 Å². The van der Waals surface area contributed by atoms with Gasteiger partial charge in [0.2, 0.25) is 0 Å². The van der Waals surface area contributed by atoms with E-state index < -0.39 is 9.84 Å². The fourth-order valence-corrected chi connectivity index (χ4v) is 5.51. The summed E-state index contributed by atoms with van der Waals surface area (Å²) in [5.41, 5.74) is 2.15.